The summed E-state index contributed by atoms with van der Waals surface area (Å²) in [5.74, 6) is -0.0988. The SMILES string of the molecule is C[C@@H](NC(=O)C1(C#N)CCCCCC1)c1ccccc1. The largest absolute Gasteiger partial charge is 0.348 e. The minimum absolute atomic E-state index is 0.0582. The molecule has 0 heterocycles. The Labute approximate surface area is 121 Å². The fraction of sp³-hybridized carbons (Fsp3) is 0.529. The van der Waals surface area contributed by atoms with Crippen LogP contribution in [0.3, 0.4) is 0 Å². The first-order valence-electron chi connectivity index (χ1n) is 7.45. The van der Waals surface area contributed by atoms with Gasteiger partial charge in [0, 0.05) is 0 Å². The number of nitrogens with one attached hydrogen (secondary N) is 1. The van der Waals surface area contributed by atoms with Crippen molar-refractivity contribution in [3.63, 3.8) is 0 Å². The Hall–Kier alpha value is -1.82. The van der Waals surface area contributed by atoms with Crippen molar-refractivity contribution in [2.45, 2.75) is 51.5 Å². The highest BCUT2D eigenvalue weighted by atomic mass is 16.2. The van der Waals surface area contributed by atoms with Gasteiger partial charge in [-0.15, -0.1) is 0 Å². The highest BCUT2D eigenvalue weighted by Gasteiger charge is 2.39. The van der Waals surface area contributed by atoms with Crippen LogP contribution in [0.5, 0.6) is 0 Å². The summed E-state index contributed by atoms with van der Waals surface area (Å²) in [6.45, 7) is 1.97. The molecule has 1 saturated carbocycles. The molecule has 20 heavy (non-hydrogen) atoms. The predicted molar refractivity (Wildman–Crippen MR) is 78.7 cm³/mol. The lowest BCUT2D eigenvalue weighted by atomic mass is 9.80. The Balaban J connectivity index is 2.08. The van der Waals surface area contributed by atoms with Crippen LogP contribution in [0.2, 0.25) is 0 Å². The van der Waals surface area contributed by atoms with Crippen molar-refractivity contribution in [2.24, 2.45) is 5.41 Å². The number of hydrogen-bond acceptors (Lipinski definition) is 2. The van der Waals surface area contributed by atoms with Crippen molar-refractivity contribution in [1.29, 1.82) is 5.26 Å². The number of nitrogens with zero attached hydrogens (tertiary/aromatic N) is 1. The van der Waals surface area contributed by atoms with E-state index in [-0.39, 0.29) is 11.9 Å². The zero-order valence-electron chi connectivity index (χ0n) is 12.1. The monoisotopic (exact) mass is 270 g/mol. The summed E-state index contributed by atoms with van der Waals surface area (Å²) in [4.78, 5) is 12.6. The summed E-state index contributed by atoms with van der Waals surface area (Å²) in [6.07, 6.45) is 5.59. The molecule has 1 N–H and O–H groups in total. The summed E-state index contributed by atoms with van der Waals surface area (Å²) in [5.41, 5.74) is 0.252. The molecule has 1 fully saturated rings. The number of carbonyl (C=O) groups is 1. The smallest absolute Gasteiger partial charge is 0.240 e. The molecule has 0 bridgehead atoms. The summed E-state index contributed by atoms with van der Waals surface area (Å²) < 4.78 is 0. The van der Waals surface area contributed by atoms with Crippen LogP contribution in [0.25, 0.3) is 0 Å². The molecular formula is C17H22N2O. The highest BCUT2D eigenvalue weighted by Crippen LogP contribution is 2.35. The van der Waals surface area contributed by atoms with Gasteiger partial charge in [0.25, 0.3) is 0 Å². The van der Waals surface area contributed by atoms with Crippen LogP contribution in [0.1, 0.15) is 57.1 Å². The van der Waals surface area contributed by atoms with Crippen molar-refractivity contribution in [3.8, 4) is 6.07 Å². The Morgan fingerprint density at radius 1 is 1.20 bits per heavy atom. The second-order valence-electron chi connectivity index (χ2n) is 5.71. The average Bonchev–Trinajstić information content (AvgIpc) is 2.74. The third-order valence-electron chi connectivity index (χ3n) is 4.25. The zero-order valence-corrected chi connectivity index (χ0v) is 12.1. The van der Waals surface area contributed by atoms with E-state index in [9.17, 15) is 10.1 Å². The van der Waals surface area contributed by atoms with Gasteiger partial charge in [-0.1, -0.05) is 56.0 Å². The first-order valence-corrected chi connectivity index (χ1v) is 7.45. The molecule has 0 aromatic heterocycles. The third kappa shape index (κ3) is 3.19. The van der Waals surface area contributed by atoms with E-state index in [1.807, 2.05) is 37.3 Å². The maximum Gasteiger partial charge on any atom is 0.240 e. The van der Waals surface area contributed by atoms with Crippen molar-refractivity contribution in [3.05, 3.63) is 35.9 Å². The number of nitriles is 1. The van der Waals surface area contributed by atoms with E-state index < -0.39 is 5.41 Å². The lowest BCUT2D eigenvalue weighted by Gasteiger charge is -2.26. The van der Waals surface area contributed by atoms with Gasteiger partial charge in [0.15, 0.2) is 0 Å². The van der Waals surface area contributed by atoms with Crippen molar-refractivity contribution < 1.29 is 4.79 Å². The van der Waals surface area contributed by atoms with Crippen molar-refractivity contribution in [2.75, 3.05) is 0 Å². The van der Waals surface area contributed by atoms with Gasteiger partial charge in [-0.2, -0.15) is 5.26 Å². The van der Waals surface area contributed by atoms with Gasteiger partial charge in [-0.05, 0) is 25.3 Å². The summed E-state index contributed by atoms with van der Waals surface area (Å²) in [5, 5.41) is 12.5. The van der Waals surface area contributed by atoms with Gasteiger partial charge >= 0.3 is 0 Å². The van der Waals surface area contributed by atoms with E-state index >= 15 is 0 Å². The van der Waals surface area contributed by atoms with E-state index in [4.69, 9.17) is 0 Å². The quantitative estimate of drug-likeness (QED) is 0.851. The molecule has 1 aliphatic carbocycles. The first kappa shape index (κ1) is 14.6. The Bertz CT molecular complexity index is 481. The fourth-order valence-electron chi connectivity index (χ4n) is 2.88. The molecule has 3 heteroatoms. The Morgan fingerprint density at radius 3 is 2.35 bits per heavy atom. The molecule has 0 radical (unpaired) electrons. The molecule has 2 rings (SSSR count). The Morgan fingerprint density at radius 2 is 1.80 bits per heavy atom. The second-order valence-corrected chi connectivity index (χ2v) is 5.71. The maximum atomic E-state index is 12.6. The van der Waals surface area contributed by atoms with Crippen LogP contribution in [-0.4, -0.2) is 5.91 Å². The van der Waals surface area contributed by atoms with Crippen molar-refractivity contribution in [1.82, 2.24) is 5.32 Å². The lowest BCUT2D eigenvalue weighted by Crippen LogP contribution is -2.41. The maximum absolute atomic E-state index is 12.6. The van der Waals surface area contributed by atoms with Crippen LogP contribution in [-0.2, 0) is 4.79 Å². The number of carbonyl (C=O) groups excluding carboxylic acids is 1. The number of amides is 1. The van der Waals surface area contributed by atoms with Crippen LogP contribution >= 0.6 is 0 Å². The van der Waals surface area contributed by atoms with E-state index in [1.165, 1.54) is 0 Å². The van der Waals surface area contributed by atoms with Crippen LogP contribution < -0.4 is 5.32 Å². The summed E-state index contributed by atoms with van der Waals surface area (Å²) in [7, 11) is 0. The standard InChI is InChI=1S/C17H22N2O/c1-14(15-9-5-4-6-10-15)19-16(20)17(13-18)11-7-2-3-8-12-17/h4-6,9-10,14H,2-3,7-8,11-12H2,1H3,(H,19,20)/t14-/m1/s1. The molecule has 1 aromatic rings. The normalized spacial score (nSPS) is 19.4. The second kappa shape index (κ2) is 6.56. The first-order chi connectivity index (χ1) is 9.68. The molecule has 0 saturated heterocycles. The van der Waals surface area contributed by atoms with Gasteiger partial charge in [0.05, 0.1) is 12.1 Å². The Kier molecular flexibility index (Phi) is 4.79. The predicted octanol–water partition coefficient (Wildman–Crippen LogP) is 3.73. The zero-order chi connectivity index (χ0) is 14.4. The topological polar surface area (TPSA) is 52.9 Å². The summed E-state index contributed by atoms with van der Waals surface area (Å²) >= 11 is 0. The van der Waals surface area contributed by atoms with E-state index in [0.29, 0.717) is 12.8 Å². The molecule has 3 nitrogen and oxygen atoms in total. The number of rotatable bonds is 3. The molecule has 0 spiro atoms. The number of hydrogen-bond donors (Lipinski definition) is 1. The lowest BCUT2D eigenvalue weighted by molar-refractivity contribution is -0.129. The molecule has 1 aromatic carbocycles. The highest BCUT2D eigenvalue weighted by molar-refractivity contribution is 5.85. The van der Waals surface area contributed by atoms with Gasteiger partial charge in [0.1, 0.15) is 5.41 Å². The molecule has 0 aliphatic heterocycles. The molecule has 0 unspecified atom stereocenters. The molecular weight excluding hydrogens is 248 g/mol. The summed E-state index contributed by atoms with van der Waals surface area (Å²) in [6, 6.07) is 12.1. The van der Waals surface area contributed by atoms with Gasteiger partial charge in [-0.25, -0.2) is 0 Å². The van der Waals surface area contributed by atoms with E-state index in [1.54, 1.807) is 0 Å². The van der Waals surface area contributed by atoms with Crippen LogP contribution in [0.4, 0.5) is 0 Å². The molecule has 1 aliphatic rings. The minimum atomic E-state index is -0.820. The fourth-order valence-corrected chi connectivity index (χ4v) is 2.88. The van der Waals surface area contributed by atoms with Gasteiger partial charge < -0.3 is 5.32 Å². The molecule has 1 atom stereocenters. The van der Waals surface area contributed by atoms with E-state index in [2.05, 4.69) is 11.4 Å². The third-order valence-corrected chi connectivity index (χ3v) is 4.25. The molecule has 106 valence electrons. The van der Waals surface area contributed by atoms with Gasteiger partial charge in [0.2, 0.25) is 5.91 Å². The van der Waals surface area contributed by atoms with Crippen LogP contribution in [0, 0.1) is 16.7 Å². The molecule has 1 amide bonds. The van der Waals surface area contributed by atoms with Crippen molar-refractivity contribution >= 4 is 5.91 Å². The number of benzene rings is 1. The van der Waals surface area contributed by atoms with E-state index in [0.717, 1.165) is 31.2 Å². The average molecular weight is 270 g/mol. The van der Waals surface area contributed by atoms with Gasteiger partial charge in [-0.3, -0.25) is 4.79 Å². The van der Waals surface area contributed by atoms with Crippen LogP contribution in [0.15, 0.2) is 30.3 Å². The minimum Gasteiger partial charge on any atom is -0.348 e.